The first-order chi connectivity index (χ1) is 8.94. The van der Waals surface area contributed by atoms with Crippen LogP contribution in [0, 0.1) is 5.92 Å². The Morgan fingerprint density at radius 3 is 2.53 bits per heavy atom. The van der Waals surface area contributed by atoms with Crippen molar-refractivity contribution >= 4 is 17.4 Å². The smallest absolute Gasteiger partial charge is 0.128 e. The second-order valence-electron chi connectivity index (χ2n) is 6.40. The number of rotatable bonds is 3. The van der Waals surface area contributed by atoms with Crippen LogP contribution in [0.15, 0.2) is 18.3 Å². The Kier molecular flexibility index (Phi) is 4.69. The first-order valence-electron chi connectivity index (χ1n) is 7.05. The molecule has 1 fully saturated rings. The molecule has 1 aromatic heterocycles. The maximum atomic E-state index is 5.87. The van der Waals surface area contributed by atoms with Gasteiger partial charge in [-0.3, -0.25) is 0 Å². The van der Waals surface area contributed by atoms with E-state index >= 15 is 0 Å². The van der Waals surface area contributed by atoms with Crippen molar-refractivity contribution in [2.75, 3.05) is 24.5 Å². The maximum absolute atomic E-state index is 5.87. The van der Waals surface area contributed by atoms with E-state index in [2.05, 4.69) is 36.0 Å². The van der Waals surface area contributed by atoms with E-state index < -0.39 is 0 Å². The van der Waals surface area contributed by atoms with Crippen LogP contribution in [0.25, 0.3) is 0 Å². The van der Waals surface area contributed by atoms with Crippen molar-refractivity contribution < 1.29 is 0 Å². The topological polar surface area (TPSA) is 28.2 Å². The molecule has 0 amide bonds. The summed E-state index contributed by atoms with van der Waals surface area (Å²) in [6, 6.07) is 3.92. The Labute approximate surface area is 121 Å². The van der Waals surface area contributed by atoms with Gasteiger partial charge in [0, 0.05) is 24.8 Å². The molecule has 0 spiro atoms. The van der Waals surface area contributed by atoms with Crippen LogP contribution in [-0.2, 0) is 0 Å². The zero-order chi connectivity index (χ0) is 13.9. The van der Waals surface area contributed by atoms with Gasteiger partial charge in [-0.25, -0.2) is 4.98 Å². The number of aromatic nitrogens is 1. The Hall–Kier alpha value is -0.800. The summed E-state index contributed by atoms with van der Waals surface area (Å²) in [4.78, 5) is 6.74. The molecule has 1 saturated heterocycles. The third-order valence-corrected chi connectivity index (χ3v) is 3.79. The van der Waals surface area contributed by atoms with Crippen LogP contribution in [0.4, 0.5) is 5.82 Å². The lowest BCUT2D eigenvalue weighted by Gasteiger charge is -2.34. The lowest BCUT2D eigenvalue weighted by molar-refractivity contribution is 0.328. The van der Waals surface area contributed by atoms with Gasteiger partial charge in [-0.2, -0.15) is 0 Å². The number of piperidine rings is 1. The molecule has 0 bridgehead atoms. The van der Waals surface area contributed by atoms with Crippen LogP contribution in [-0.4, -0.2) is 30.2 Å². The van der Waals surface area contributed by atoms with Gasteiger partial charge in [-0.15, -0.1) is 0 Å². The Balaban J connectivity index is 1.81. The Morgan fingerprint density at radius 2 is 2.00 bits per heavy atom. The van der Waals surface area contributed by atoms with Gasteiger partial charge in [0.05, 0.1) is 5.02 Å². The van der Waals surface area contributed by atoms with Crippen molar-refractivity contribution in [3.8, 4) is 0 Å². The van der Waals surface area contributed by atoms with E-state index in [9.17, 15) is 0 Å². The SMILES string of the molecule is CC(C)(C)NCC1CCN(c2ccc(Cl)cn2)CC1. The summed E-state index contributed by atoms with van der Waals surface area (Å²) in [5, 5.41) is 4.30. The van der Waals surface area contributed by atoms with Crippen LogP contribution >= 0.6 is 11.6 Å². The molecule has 3 nitrogen and oxygen atoms in total. The molecular weight excluding hydrogens is 258 g/mol. The highest BCUT2D eigenvalue weighted by Gasteiger charge is 2.21. The molecule has 0 atom stereocenters. The number of hydrogen-bond acceptors (Lipinski definition) is 3. The van der Waals surface area contributed by atoms with Crippen molar-refractivity contribution in [2.24, 2.45) is 5.92 Å². The van der Waals surface area contributed by atoms with Crippen LogP contribution in [0.5, 0.6) is 0 Å². The minimum atomic E-state index is 0.217. The summed E-state index contributed by atoms with van der Waals surface area (Å²) in [6.07, 6.45) is 4.19. The highest BCUT2D eigenvalue weighted by molar-refractivity contribution is 6.30. The summed E-state index contributed by atoms with van der Waals surface area (Å²) in [6.45, 7) is 9.96. The third kappa shape index (κ3) is 4.66. The van der Waals surface area contributed by atoms with Gasteiger partial charge >= 0.3 is 0 Å². The molecule has 0 unspecified atom stereocenters. The number of nitrogens with zero attached hydrogens (tertiary/aromatic N) is 2. The number of halogens is 1. The van der Waals surface area contributed by atoms with Crippen molar-refractivity contribution in [1.29, 1.82) is 0 Å². The first kappa shape index (κ1) is 14.6. The predicted molar refractivity (Wildman–Crippen MR) is 81.9 cm³/mol. The second kappa shape index (κ2) is 6.10. The van der Waals surface area contributed by atoms with E-state index in [0.29, 0.717) is 5.02 Å². The Bertz CT molecular complexity index is 389. The average molecular weight is 282 g/mol. The van der Waals surface area contributed by atoms with Crippen molar-refractivity contribution in [3.63, 3.8) is 0 Å². The Morgan fingerprint density at radius 1 is 1.32 bits per heavy atom. The summed E-state index contributed by atoms with van der Waals surface area (Å²) < 4.78 is 0. The summed E-state index contributed by atoms with van der Waals surface area (Å²) >= 11 is 5.87. The monoisotopic (exact) mass is 281 g/mol. The maximum Gasteiger partial charge on any atom is 0.128 e. The summed E-state index contributed by atoms with van der Waals surface area (Å²) in [7, 11) is 0. The molecule has 2 heterocycles. The second-order valence-corrected chi connectivity index (χ2v) is 6.83. The molecule has 1 aliphatic rings. The van der Waals surface area contributed by atoms with Crippen molar-refractivity contribution in [2.45, 2.75) is 39.2 Å². The molecule has 0 aromatic carbocycles. The lowest BCUT2D eigenvalue weighted by Crippen LogP contribution is -2.43. The van der Waals surface area contributed by atoms with Crippen LogP contribution in [0.2, 0.25) is 5.02 Å². The molecule has 0 aliphatic carbocycles. The van der Waals surface area contributed by atoms with Gasteiger partial charge in [-0.05, 0) is 58.2 Å². The molecule has 1 N–H and O–H groups in total. The van der Waals surface area contributed by atoms with E-state index in [1.807, 2.05) is 12.1 Å². The fourth-order valence-electron chi connectivity index (χ4n) is 2.37. The quantitative estimate of drug-likeness (QED) is 0.921. The highest BCUT2D eigenvalue weighted by Crippen LogP contribution is 2.22. The molecule has 1 aromatic rings. The van der Waals surface area contributed by atoms with Gasteiger partial charge in [0.1, 0.15) is 5.82 Å². The molecule has 0 saturated carbocycles. The predicted octanol–water partition coefficient (Wildman–Crippen LogP) is 3.34. The number of nitrogens with one attached hydrogen (secondary N) is 1. The van der Waals surface area contributed by atoms with Crippen molar-refractivity contribution in [1.82, 2.24) is 10.3 Å². The van der Waals surface area contributed by atoms with E-state index in [1.165, 1.54) is 12.8 Å². The normalized spacial score (nSPS) is 17.8. The van der Waals surface area contributed by atoms with Gasteiger partial charge in [0.2, 0.25) is 0 Å². The van der Waals surface area contributed by atoms with Gasteiger partial charge in [0.15, 0.2) is 0 Å². The molecule has 106 valence electrons. The van der Waals surface area contributed by atoms with E-state index in [1.54, 1.807) is 6.20 Å². The minimum Gasteiger partial charge on any atom is -0.357 e. The van der Waals surface area contributed by atoms with Gasteiger partial charge in [0.25, 0.3) is 0 Å². The van der Waals surface area contributed by atoms with Crippen LogP contribution in [0.3, 0.4) is 0 Å². The fourth-order valence-corrected chi connectivity index (χ4v) is 2.48. The average Bonchev–Trinajstić information content (AvgIpc) is 2.37. The number of anilines is 1. The van der Waals surface area contributed by atoms with Crippen LogP contribution < -0.4 is 10.2 Å². The molecule has 0 radical (unpaired) electrons. The zero-order valence-corrected chi connectivity index (χ0v) is 12.9. The summed E-state index contributed by atoms with van der Waals surface area (Å²) in [5.74, 6) is 1.83. The molecule has 19 heavy (non-hydrogen) atoms. The zero-order valence-electron chi connectivity index (χ0n) is 12.1. The van der Waals surface area contributed by atoms with Gasteiger partial charge < -0.3 is 10.2 Å². The lowest BCUT2D eigenvalue weighted by atomic mass is 9.95. The molecular formula is C15H24ClN3. The van der Waals surface area contributed by atoms with Crippen molar-refractivity contribution in [3.05, 3.63) is 23.4 Å². The number of hydrogen-bond donors (Lipinski definition) is 1. The standard InChI is InChI=1S/C15H24ClN3/c1-15(2,3)18-10-12-6-8-19(9-7-12)14-5-4-13(16)11-17-14/h4-5,11-12,18H,6-10H2,1-3H3. The van der Waals surface area contributed by atoms with E-state index in [-0.39, 0.29) is 5.54 Å². The van der Waals surface area contributed by atoms with Gasteiger partial charge in [-0.1, -0.05) is 11.6 Å². The third-order valence-electron chi connectivity index (χ3n) is 3.57. The highest BCUT2D eigenvalue weighted by atomic mass is 35.5. The summed E-state index contributed by atoms with van der Waals surface area (Å²) in [5.41, 5.74) is 0.217. The molecule has 1 aliphatic heterocycles. The van der Waals surface area contributed by atoms with Crippen LogP contribution in [0.1, 0.15) is 33.6 Å². The molecule has 2 rings (SSSR count). The number of pyridine rings is 1. The van der Waals surface area contributed by atoms with E-state index in [4.69, 9.17) is 11.6 Å². The minimum absolute atomic E-state index is 0.217. The fraction of sp³-hybridized carbons (Fsp3) is 0.667. The molecule has 4 heteroatoms. The van der Waals surface area contributed by atoms with E-state index in [0.717, 1.165) is 31.4 Å². The largest absolute Gasteiger partial charge is 0.357 e. The first-order valence-corrected chi connectivity index (χ1v) is 7.43.